The Morgan fingerprint density at radius 3 is 2.27 bits per heavy atom. The molecule has 0 aliphatic rings. The second-order valence-electron chi connectivity index (χ2n) is 2.38. The van der Waals surface area contributed by atoms with E-state index in [1.54, 1.807) is 0 Å². The zero-order valence-corrected chi connectivity index (χ0v) is 7.46. The van der Waals surface area contributed by atoms with E-state index in [-0.39, 0.29) is 0 Å². The molecule has 0 amide bonds. The summed E-state index contributed by atoms with van der Waals surface area (Å²) in [6.45, 7) is -2.99. The van der Waals surface area contributed by atoms with E-state index in [9.17, 15) is 0 Å². The van der Waals surface area contributed by atoms with Gasteiger partial charge in [0.05, 0.1) is 33.5 Å². The molecule has 0 bridgehead atoms. The van der Waals surface area contributed by atoms with E-state index in [0.29, 0.717) is 12.1 Å². The molecule has 4 heteroatoms. The number of methoxy groups -OCH3 is 3. The second-order valence-corrected chi connectivity index (χ2v) is 2.38. The van der Waals surface area contributed by atoms with Gasteiger partial charge in [0.2, 0.25) is 5.75 Å². The number of aryl methyl sites for hydroxylation is 1. The minimum atomic E-state index is -3.18. The van der Waals surface area contributed by atoms with Crippen molar-refractivity contribution in [3.8, 4) is 17.2 Å². The highest BCUT2D eigenvalue weighted by Crippen LogP contribution is 2.38. The summed E-state index contributed by atoms with van der Waals surface area (Å²) >= 11 is 0. The normalized spacial score (nSPS) is 27.1. The number of hydrogen-bond donors (Lipinski definition) is 1. The van der Waals surface area contributed by atoms with E-state index >= 15 is 0 Å². The van der Waals surface area contributed by atoms with Crippen molar-refractivity contribution >= 4 is 0 Å². The molecular formula is C11H17NO3. The fourth-order valence-corrected chi connectivity index (χ4v) is 0.984. The van der Waals surface area contributed by atoms with Gasteiger partial charge in [0.25, 0.3) is 0 Å². The van der Waals surface area contributed by atoms with Crippen LogP contribution in [0.15, 0.2) is 12.1 Å². The molecule has 0 aliphatic heterocycles. The Morgan fingerprint density at radius 1 is 1.20 bits per heavy atom. The molecule has 0 atom stereocenters. The summed E-state index contributed by atoms with van der Waals surface area (Å²) in [6, 6.07) is 1.29. The molecule has 15 heavy (non-hydrogen) atoms. The van der Waals surface area contributed by atoms with Gasteiger partial charge in [-0.3, -0.25) is 0 Å². The molecular weight excluding hydrogens is 194 g/mol. The summed E-state index contributed by atoms with van der Waals surface area (Å²) < 4.78 is 109. The summed E-state index contributed by atoms with van der Waals surface area (Å²) in [6.07, 6.45) is -2.98. The van der Waals surface area contributed by atoms with Crippen LogP contribution < -0.4 is 19.9 Å². The monoisotopic (exact) mass is 224 g/mol. The third kappa shape index (κ3) is 2.53. The lowest BCUT2D eigenvalue weighted by Gasteiger charge is -2.13. The van der Waals surface area contributed by atoms with Crippen LogP contribution in [0, 0.1) is 0 Å². The van der Waals surface area contributed by atoms with Crippen molar-refractivity contribution < 1.29 is 32.0 Å². The lowest BCUT2D eigenvalue weighted by atomic mass is 10.1. The summed E-state index contributed by atoms with van der Waals surface area (Å²) in [5, 5.41) is 0. The summed E-state index contributed by atoms with van der Waals surface area (Å²) in [7, 11) is -9.52. The van der Waals surface area contributed by atoms with Crippen molar-refractivity contribution in [1.82, 2.24) is 0 Å². The molecule has 1 aromatic carbocycles. The van der Waals surface area contributed by atoms with E-state index < -0.39 is 56.8 Å². The lowest BCUT2D eigenvalue weighted by Crippen LogP contribution is -2.04. The smallest absolute Gasteiger partial charge is 0.203 e. The summed E-state index contributed by atoms with van der Waals surface area (Å²) in [5.74, 6) is -2.74. The molecule has 1 aromatic rings. The molecule has 0 saturated heterocycles. The Labute approximate surface area is 108 Å². The van der Waals surface area contributed by atoms with Gasteiger partial charge in [-0.05, 0) is 30.6 Å². The highest BCUT2D eigenvalue weighted by atomic mass is 16.5. The highest BCUT2D eigenvalue weighted by Gasteiger charge is 2.12. The molecule has 1 rings (SSSR count). The maximum atomic E-state index is 7.85. The van der Waals surface area contributed by atoms with Crippen LogP contribution in [0.3, 0.4) is 0 Å². The van der Waals surface area contributed by atoms with Crippen LogP contribution in [0.4, 0.5) is 0 Å². The first-order chi connectivity index (χ1) is 12.1. The average molecular weight is 224 g/mol. The van der Waals surface area contributed by atoms with Gasteiger partial charge in [-0.15, -0.1) is 0 Å². The Balaban J connectivity index is 3.80. The molecule has 2 N–H and O–H groups in total. The topological polar surface area (TPSA) is 53.7 Å². The maximum absolute atomic E-state index is 7.85. The van der Waals surface area contributed by atoms with Gasteiger partial charge >= 0.3 is 0 Å². The first-order valence-corrected chi connectivity index (χ1v) is 3.67. The zero-order chi connectivity index (χ0) is 22.3. The van der Waals surface area contributed by atoms with Crippen molar-refractivity contribution in [2.24, 2.45) is 5.73 Å². The van der Waals surface area contributed by atoms with E-state index in [4.69, 9.17) is 23.6 Å². The quantitative estimate of drug-likeness (QED) is 0.817. The molecule has 0 spiro atoms. The van der Waals surface area contributed by atoms with Gasteiger partial charge in [-0.2, -0.15) is 0 Å². The van der Waals surface area contributed by atoms with Crippen LogP contribution in [0.25, 0.3) is 0 Å². The van der Waals surface area contributed by atoms with Crippen LogP contribution in [-0.2, 0) is 6.37 Å². The molecule has 0 aromatic heterocycles. The van der Waals surface area contributed by atoms with Crippen LogP contribution >= 0.6 is 0 Å². The van der Waals surface area contributed by atoms with Crippen molar-refractivity contribution in [1.29, 1.82) is 0 Å². The lowest BCUT2D eigenvalue weighted by molar-refractivity contribution is 0.324. The predicted octanol–water partition coefficient (Wildman–Crippen LogP) is 1.21. The summed E-state index contributed by atoms with van der Waals surface area (Å²) in [5.41, 5.74) is 4.50. The molecule has 0 unspecified atom stereocenters. The van der Waals surface area contributed by atoms with E-state index in [1.165, 1.54) is 0 Å². The number of rotatable bonds is 5. The Bertz CT molecular complexity index is 665. The van der Waals surface area contributed by atoms with Gasteiger partial charge in [0.15, 0.2) is 11.5 Å². The third-order valence-electron chi connectivity index (χ3n) is 1.56. The Morgan fingerprint density at radius 2 is 1.80 bits per heavy atom. The van der Waals surface area contributed by atoms with E-state index in [1.807, 2.05) is 0 Å². The second kappa shape index (κ2) is 5.46. The number of hydrogen-bond acceptors (Lipinski definition) is 4. The van der Waals surface area contributed by atoms with E-state index in [2.05, 4.69) is 14.2 Å². The van der Waals surface area contributed by atoms with Crippen molar-refractivity contribution in [2.75, 3.05) is 27.6 Å². The highest BCUT2D eigenvalue weighted by molar-refractivity contribution is 5.53. The van der Waals surface area contributed by atoms with E-state index in [0.717, 1.165) is 0 Å². The largest absolute Gasteiger partial charge is 0.493 e. The van der Waals surface area contributed by atoms with Crippen LogP contribution in [-0.4, -0.2) is 27.6 Å². The molecule has 0 fully saturated rings. The van der Waals surface area contributed by atoms with Gasteiger partial charge in [0.1, 0.15) is 0 Å². The Kier molecular flexibility index (Phi) is 1.11. The standard InChI is InChI=1S/C11H17NO3/c1-13-9-6-8(4-5-12)7-10(14-2)11(9)15-3/h6-7H,4-5,12H2,1-3H3/i1D3,2D3,3D3,4D2,5D2. The number of nitrogens with two attached hydrogens (primary N) is 1. The number of ether oxygens (including phenoxy) is 3. The minimum Gasteiger partial charge on any atom is -0.493 e. The van der Waals surface area contributed by atoms with Gasteiger partial charge < -0.3 is 19.9 Å². The first-order valence-electron chi connectivity index (χ1n) is 10.2. The molecule has 0 saturated carbocycles. The van der Waals surface area contributed by atoms with Crippen LogP contribution in [0.1, 0.15) is 23.4 Å². The fraction of sp³-hybridized carbons (Fsp3) is 0.455. The molecule has 0 aliphatic carbocycles. The molecule has 0 radical (unpaired) electrons. The van der Waals surface area contributed by atoms with Gasteiger partial charge in [-0.1, -0.05) is 0 Å². The minimum absolute atomic E-state index is 0.643. The Hall–Kier alpha value is -1.42. The molecule has 0 heterocycles. The zero-order valence-electron chi connectivity index (χ0n) is 20.5. The number of benzene rings is 1. The fourth-order valence-electron chi connectivity index (χ4n) is 0.984. The third-order valence-corrected chi connectivity index (χ3v) is 1.56. The van der Waals surface area contributed by atoms with Gasteiger partial charge in [0, 0.05) is 5.48 Å². The predicted molar refractivity (Wildman–Crippen MR) is 58.9 cm³/mol. The average Bonchev–Trinajstić information content (AvgIpc) is 2.35. The molecule has 4 nitrogen and oxygen atoms in total. The van der Waals surface area contributed by atoms with Gasteiger partial charge in [-0.25, -0.2) is 0 Å². The maximum Gasteiger partial charge on any atom is 0.203 e. The van der Waals surface area contributed by atoms with Crippen molar-refractivity contribution in [3.63, 3.8) is 0 Å². The molecule has 84 valence electrons. The first kappa shape index (κ1) is 3.04. The summed E-state index contributed by atoms with van der Waals surface area (Å²) in [4.78, 5) is 0. The van der Waals surface area contributed by atoms with Crippen molar-refractivity contribution in [3.05, 3.63) is 17.7 Å². The van der Waals surface area contributed by atoms with Crippen LogP contribution in [0.5, 0.6) is 17.2 Å². The van der Waals surface area contributed by atoms with Crippen molar-refractivity contribution in [2.45, 2.75) is 6.37 Å². The SMILES string of the molecule is [2H]C([2H])([2H])Oc1cc(C([2H])([2H])C([2H])([2H])N)cc(OC([2H])([2H])[2H])c1OC([2H])([2H])[2H]. The van der Waals surface area contributed by atoms with Crippen LogP contribution in [0.2, 0.25) is 0 Å².